The Morgan fingerprint density at radius 3 is 2.59 bits per heavy atom. The lowest BCUT2D eigenvalue weighted by atomic mass is 9.96. The first-order chi connectivity index (χ1) is 8.31. The summed E-state index contributed by atoms with van der Waals surface area (Å²) in [5.41, 5.74) is 3.43. The molecule has 0 aliphatic carbocycles. The summed E-state index contributed by atoms with van der Waals surface area (Å²) in [7, 11) is 0. The SMILES string of the molecule is CCCCc1ccccc1-c1cccc(F)c1. The van der Waals surface area contributed by atoms with Crippen LogP contribution >= 0.6 is 0 Å². The average Bonchev–Trinajstić information content (AvgIpc) is 2.37. The molecule has 0 bridgehead atoms. The smallest absolute Gasteiger partial charge is 0.123 e. The Labute approximate surface area is 102 Å². The first-order valence-electron chi connectivity index (χ1n) is 6.15. The van der Waals surface area contributed by atoms with E-state index in [0.29, 0.717) is 0 Å². The summed E-state index contributed by atoms with van der Waals surface area (Å²) in [5.74, 6) is -0.173. The Kier molecular flexibility index (Phi) is 3.92. The lowest BCUT2D eigenvalue weighted by molar-refractivity contribution is 0.628. The van der Waals surface area contributed by atoms with Crippen molar-refractivity contribution in [3.8, 4) is 11.1 Å². The highest BCUT2D eigenvalue weighted by Gasteiger charge is 2.04. The lowest BCUT2D eigenvalue weighted by Gasteiger charge is -2.09. The molecule has 88 valence electrons. The third-order valence-electron chi connectivity index (χ3n) is 2.95. The van der Waals surface area contributed by atoms with E-state index in [4.69, 9.17) is 0 Å². The van der Waals surface area contributed by atoms with Gasteiger partial charge in [-0.1, -0.05) is 49.7 Å². The van der Waals surface area contributed by atoms with Gasteiger partial charge < -0.3 is 0 Å². The summed E-state index contributed by atoms with van der Waals surface area (Å²) >= 11 is 0. The van der Waals surface area contributed by atoms with Crippen LogP contribution in [0.2, 0.25) is 0 Å². The Morgan fingerprint density at radius 1 is 1.00 bits per heavy atom. The number of hydrogen-bond donors (Lipinski definition) is 0. The molecule has 0 radical (unpaired) electrons. The zero-order valence-corrected chi connectivity index (χ0v) is 10.1. The molecule has 0 fully saturated rings. The monoisotopic (exact) mass is 228 g/mol. The van der Waals surface area contributed by atoms with Crippen molar-refractivity contribution in [2.24, 2.45) is 0 Å². The quantitative estimate of drug-likeness (QED) is 0.702. The maximum Gasteiger partial charge on any atom is 0.123 e. The Bertz CT molecular complexity index is 488. The first-order valence-corrected chi connectivity index (χ1v) is 6.15. The van der Waals surface area contributed by atoms with Crippen molar-refractivity contribution in [2.75, 3.05) is 0 Å². The molecule has 0 aliphatic heterocycles. The summed E-state index contributed by atoms with van der Waals surface area (Å²) in [5, 5.41) is 0. The van der Waals surface area contributed by atoms with Crippen molar-refractivity contribution in [3.63, 3.8) is 0 Å². The fourth-order valence-corrected chi connectivity index (χ4v) is 2.04. The summed E-state index contributed by atoms with van der Waals surface area (Å²) in [4.78, 5) is 0. The minimum atomic E-state index is -0.173. The highest BCUT2D eigenvalue weighted by Crippen LogP contribution is 2.25. The van der Waals surface area contributed by atoms with Gasteiger partial charge in [0, 0.05) is 0 Å². The Morgan fingerprint density at radius 2 is 1.82 bits per heavy atom. The molecule has 0 unspecified atom stereocenters. The molecule has 0 saturated heterocycles. The minimum Gasteiger partial charge on any atom is -0.207 e. The summed E-state index contributed by atoms with van der Waals surface area (Å²) in [6, 6.07) is 15.1. The predicted molar refractivity (Wildman–Crippen MR) is 70.4 cm³/mol. The number of halogens is 1. The van der Waals surface area contributed by atoms with Crippen LogP contribution in [0.3, 0.4) is 0 Å². The molecular formula is C16H17F. The van der Waals surface area contributed by atoms with Gasteiger partial charge in [-0.3, -0.25) is 0 Å². The van der Waals surface area contributed by atoms with Crippen LogP contribution in [-0.2, 0) is 6.42 Å². The standard InChI is InChI=1S/C16H17F/c1-2-3-7-13-8-4-5-11-16(13)14-9-6-10-15(17)12-14/h4-6,8-12H,2-3,7H2,1H3. The van der Waals surface area contributed by atoms with Crippen molar-refractivity contribution >= 4 is 0 Å². The van der Waals surface area contributed by atoms with Gasteiger partial charge in [0.15, 0.2) is 0 Å². The van der Waals surface area contributed by atoms with Crippen molar-refractivity contribution in [1.29, 1.82) is 0 Å². The molecule has 0 aromatic heterocycles. The highest BCUT2D eigenvalue weighted by atomic mass is 19.1. The molecule has 2 aromatic rings. The second-order valence-electron chi connectivity index (χ2n) is 4.27. The molecule has 0 saturated carbocycles. The van der Waals surface area contributed by atoms with Crippen molar-refractivity contribution in [1.82, 2.24) is 0 Å². The molecule has 0 N–H and O–H groups in total. The van der Waals surface area contributed by atoms with Crippen LogP contribution < -0.4 is 0 Å². The number of rotatable bonds is 4. The van der Waals surface area contributed by atoms with E-state index >= 15 is 0 Å². The highest BCUT2D eigenvalue weighted by molar-refractivity contribution is 5.67. The van der Waals surface area contributed by atoms with Crippen LogP contribution in [0.1, 0.15) is 25.3 Å². The van der Waals surface area contributed by atoms with Gasteiger partial charge in [-0.05, 0) is 41.7 Å². The maximum absolute atomic E-state index is 13.2. The minimum absolute atomic E-state index is 0.173. The molecule has 0 atom stereocenters. The van der Waals surface area contributed by atoms with E-state index in [1.807, 2.05) is 18.2 Å². The van der Waals surface area contributed by atoms with E-state index in [1.54, 1.807) is 12.1 Å². The molecule has 2 rings (SSSR count). The Hall–Kier alpha value is -1.63. The fourth-order valence-electron chi connectivity index (χ4n) is 2.04. The third kappa shape index (κ3) is 2.94. The van der Waals surface area contributed by atoms with Crippen molar-refractivity contribution in [3.05, 3.63) is 59.9 Å². The van der Waals surface area contributed by atoms with Gasteiger partial charge >= 0.3 is 0 Å². The maximum atomic E-state index is 13.2. The van der Waals surface area contributed by atoms with E-state index < -0.39 is 0 Å². The first kappa shape index (κ1) is 11.8. The number of benzene rings is 2. The summed E-state index contributed by atoms with van der Waals surface area (Å²) in [6.07, 6.45) is 3.41. The van der Waals surface area contributed by atoms with Crippen molar-refractivity contribution in [2.45, 2.75) is 26.2 Å². The lowest BCUT2D eigenvalue weighted by Crippen LogP contribution is -1.90. The molecule has 17 heavy (non-hydrogen) atoms. The van der Waals surface area contributed by atoms with Gasteiger partial charge in [0.2, 0.25) is 0 Å². The molecule has 1 heteroatoms. The summed E-state index contributed by atoms with van der Waals surface area (Å²) in [6.45, 7) is 2.19. The number of unbranched alkanes of at least 4 members (excludes halogenated alkanes) is 1. The van der Waals surface area contributed by atoms with E-state index in [9.17, 15) is 4.39 Å². The zero-order valence-electron chi connectivity index (χ0n) is 10.1. The molecule has 0 amide bonds. The van der Waals surface area contributed by atoms with Crippen molar-refractivity contribution < 1.29 is 4.39 Å². The topological polar surface area (TPSA) is 0 Å². The van der Waals surface area contributed by atoms with Crippen LogP contribution in [0, 0.1) is 5.82 Å². The van der Waals surface area contributed by atoms with E-state index in [1.165, 1.54) is 24.5 Å². The van der Waals surface area contributed by atoms with Gasteiger partial charge in [0.1, 0.15) is 5.82 Å². The molecule has 2 aromatic carbocycles. The van der Waals surface area contributed by atoms with Crippen LogP contribution in [-0.4, -0.2) is 0 Å². The average molecular weight is 228 g/mol. The van der Waals surface area contributed by atoms with Gasteiger partial charge in [-0.2, -0.15) is 0 Å². The van der Waals surface area contributed by atoms with Gasteiger partial charge in [0.05, 0.1) is 0 Å². The number of hydrogen-bond acceptors (Lipinski definition) is 0. The zero-order chi connectivity index (χ0) is 12.1. The molecular weight excluding hydrogens is 211 g/mol. The van der Waals surface area contributed by atoms with Crippen LogP contribution in [0.5, 0.6) is 0 Å². The Balaban J connectivity index is 2.37. The second kappa shape index (κ2) is 5.62. The second-order valence-corrected chi connectivity index (χ2v) is 4.27. The molecule has 0 spiro atoms. The predicted octanol–water partition coefficient (Wildman–Crippen LogP) is 4.84. The van der Waals surface area contributed by atoms with Gasteiger partial charge in [-0.15, -0.1) is 0 Å². The fraction of sp³-hybridized carbons (Fsp3) is 0.250. The third-order valence-corrected chi connectivity index (χ3v) is 2.95. The number of aryl methyl sites for hydroxylation is 1. The molecule has 0 aliphatic rings. The van der Waals surface area contributed by atoms with Gasteiger partial charge in [0.25, 0.3) is 0 Å². The van der Waals surface area contributed by atoms with Gasteiger partial charge in [-0.25, -0.2) is 4.39 Å². The van der Waals surface area contributed by atoms with E-state index in [0.717, 1.165) is 17.5 Å². The molecule has 0 nitrogen and oxygen atoms in total. The van der Waals surface area contributed by atoms with Crippen LogP contribution in [0.25, 0.3) is 11.1 Å². The van der Waals surface area contributed by atoms with E-state index in [-0.39, 0.29) is 5.82 Å². The van der Waals surface area contributed by atoms with Crippen LogP contribution in [0.4, 0.5) is 4.39 Å². The van der Waals surface area contributed by atoms with Crippen LogP contribution in [0.15, 0.2) is 48.5 Å². The normalized spacial score (nSPS) is 10.5. The summed E-state index contributed by atoms with van der Waals surface area (Å²) < 4.78 is 13.2. The molecule has 0 heterocycles. The largest absolute Gasteiger partial charge is 0.207 e. The van der Waals surface area contributed by atoms with E-state index in [2.05, 4.69) is 19.1 Å².